The molecule has 3 rings (SSSR count). The van der Waals surface area contributed by atoms with Crippen LogP contribution in [0.1, 0.15) is 27.0 Å². The Bertz CT molecular complexity index is 856. The van der Waals surface area contributed by atoms with E-state index in [4.69, 9.17) is 21.4 Å². The quantitative estimate of drug-likeness (QED) is 0.663. The largest absolute Gasteiger partial charge is 0.465 e. The first-order valence-corrected chi connectivity index (χ1v) is 7.57. The lowest BCUT2D eigenvalue weighted by Crippen LogP contribution is -2.04. The number of amides is 1. The number of halogens is 1. The van der Waals surface area contributed by atoms with Crippen LogP contribution in [0.4, 0.5) is 5.69 Å². The van der Waals surface area contributed by atoms with Crippen LogP contribution < -0.4 is 5.32 Å². The number of methoxy groups -OCH3 is 1. The monoisotopic (exact) mass is 343 g/mol. The highest BCUT2D eigenvalue weighted by molar-refractivity contribution is 6.59. The Morgan fingerprint density at radius 2 is 1.83 bits per heavy atom. The van der Waals surface area contributed by atoms with Gasteiger partial charge in [0.05, 0.1) is 29.9 Å². The number of carbonyl (C=O) groups excluding carboxylic acids is 2. The van der Waals surface area contributed by atoms with E-state index in [1.165, 1.54) is 7.11 Å². The second kappa shape index (κ2) is 6.47. The number of aliphatic hydroxyl groups excluding tert-OH is 1. The number of hydrogen-bond donors (Lipinski definition) is 2. The second-order valence-corrected chi connectivity index (χ2v) is 5.63. The fourth-order valence-electron chi connectivity index (χ4n) is 2.53. The molecule has 0 unspecified atom stereocenters. The minimum absolute atomic E-state index is 0.0692. The highest BCUT2D eigenvalue weighted by Gasteiger charge is 2.28. The lowest BCUT2D eigenvalue weighted by atomic mass is 10.0. The number of anilines is 1. The fourth-order valence-corrected chi connectivity index (χ4v) is 2.84. The van der Waals surface area contributed by atoms with E-state index in [-0.39, 0.29) is 17.5 Å². The molecule has 0 bridgehead atoms. The van der Waals surface area contributed by atoms with E-state index in [9.17, 15) is 9.59 Å². The van der Waals surface area contributed by atoms with Crippen LogP contribution in [0.3, 0.4) is 0 Å². The summed E-state index contributed by atoms with van der Waals surface area (Å²) in [5.41, 5.74) is 3.18. The number of hydrogen-bond acceptors (Lipinski definition) is 4. The standard InChI is InChI=1S/C18H14ClNO4/c1-24-18(23)12-6-7-14-13(8-12)15(17(22)20-14)16(19)11-4-2-10(9-21)3-5-11/h2-8,21H,9H2,1H3,(H,20,22)/b16-15-. The predicted molar refractivity (Wildman–Crippen MR) is 91.4 cm³/mol. The Labute approximate surface area is 143 Å². The van der Waals surface area contributed by atoms with Crippen molar-refractivity contribution >= 4 is 39.8 Å². The SMILES string of the molecule is COC(=O)c1ccc2c(c1)/C(=C(/Cl)c1ccc(CO)cc1)C(=O)N2. The van der Waals surface area contributed by atoms with Crippen molar-refractivity contribution in [1.82, 2.24) is 0 Å². The highest BCUT2D eigenvalue weighted by Crippen LogP contribution is 2.39. The third-order valence-electron chi connectivity index (χ3n) is 3.79. The minimum atomic E-state index is -0.486. The average molecular weight is 344 g/mol. The van der Waals surface area contributed by atoms with Crippen LogP contribution >= 0.6 is 11.6 Å². The summed E-state index contributed by atoms with van der Waals surface area (Å²) in [6, 6.07) is 11.7. The molecule has 1 heterocycles. The van der Waals surface area contributed by atoms with Gasteiger partial charge in [-0.2, -0.15) is 0 Å². The summed E-state index contributed by atoms with van der Waals surface area (Å²) in [5, 5.41) is 12.1. The number of aliphatic hydroxyl groups is 1. The topological polar surface area (TPSA) is 75.6 Å². The normalized spacial score (nSPS) is 14.9. The molecule has 0 saturated heterocycles. The number of ether oxygens (including phenoxy) is 1. The Morgan fingerprint density at radius 3 is 2.46 bits per heavy atom. The van der Waals surface area contributed by atoms with Crippen molar-refractivity contribution < 1.29 is 19.4 Å². The van der Waals surface area contributed by atoms with E-state index in [1.807, 2.05) is 0 Å². The van der Waals surface area contributed by atoms with Gasteiger partial charge >= 0.3 is 5.97 Å². The molecule has 5 nitrogen and oxygen atoms in total. The molecule has 1 amide bonds. The zero-order valence-corrected chi connectivity index (χ0v) is 13.6. The third-order valence-corrected chi connectivity index (χ3v) is 4.20. The van der Waals surface area contributed by atoms with Crippen molar-refractivity contribution in [2.45, 2.75) is 6.61 Å². The van der Waals surface area contributed by atoms with Crippen LogP contribution in [0.2, 0.25) is 0 Å². The lowest BCUT2D eigenvalue weighted by molar-refractivity contribution is -0.110. The van der Waals surface area contributed by atoms with Crippen LogP contribution in [0.5, 0.6) is 0 Å². The van der Waals surface area contributed by atoms with Crippen molar-refractivity contribution in [1.29, 1.82) is 0 Å². The van der Waals surface area contributed by atoms with Gasteiger partial charge in [-0.05, 0) is 29.3 Å². The van der Waals surface area contributed by atoms with Gasteiger partial charge in [-0.15, -0.1) is 0 Å². The first-order chi connectivity index (χ1) is 11.5. The number of rotatable bonds is 3. The molecular weight excluding hydrogens is 330 g/mol. The summed E-state index contributed by atoms with van der Waals surface area (Å²) in [6.45, 7) is -0.0692. The Morgan fingerprint density at radius 1 is 1.17 bits per heavy atom. The van der Waals surface area contributed by atoms with Gasteiger partial charge in [0.25, 0.3) is 5.91 Å². The summed E-state index contributed by atoms with van der Waals surface area (Å²) in [4.78, 5) is 24.0. The van der Waals surface area contributed by atoms with Gasteiger partial charge in [-0.25, -0.2) is 4.79 Å². The molecule has 122 valence electrons. The van der Waals surface area contributed by atoms with Gasteiger partial charge in [0.15, 0.2) is 0 Å². The molecule has 1 aliphatic rings. The maximum Gasteiger partial charge on any atom is 0.337 e. The number of fused-ring (bicyclic) bond motifs is 1. The smallest absolute Gasteiger partial charge is 0.337 e. The molecule has 6 heteroatoms. The van der Waals surface area contributed by atoms with Crippen molar-refractivity contribution in [3.63, 3.8) is 0 Å². The Balaban J connectivity index is 2.11. The second-order valence-electron chi connectivity index (χ2n) is 5.25. The zero-order valence-electron chi connectivity index (χ0n) is 12.8. The van der Waals surface area contributed by atoms with Gasteiger partial charge in [-0.1, -0.05) is 35.9 Å². The number of benzene rings is 2. The van der Waals surface area contributed by atoms with E-state index in [0.717, 1.165) is 5.56 Å². The maximum absolute atomic E-state index is 12.3. The van der Waals surface area contributed by atoms with E-state index in [1.54, 1.807) is 42.5 Å². The molecule has 0 radical (unpaired) electrons. The van der Waals surface area contributed by atoms with E-state index >= 15 is 0 Å². The predicted octanol–water partition coefficient (Wildman–Crippen LogP) is 3.02. The number of esters is 1. The molecule has 0 aliphatic carbocycles. The van der Waals surface area contributed by atoms with Gasteiger partial charge in [-0.3, -0.25) is 4.79 Å². The molecule has 2 aromatic carbocycles. The number of carbonyl (C=O) groups is 2. The fraction of sp³-hybridized carbons (Fsp3) is 0.111. The summed E-state index contributed by atoms with van der Waals surface area (Å²) in [7, 11) is 1.30. The van der Waals surface area contributed by atoms with Crippen LogP contribution in [0.15, 0.2) is 42.5 Å². The molecule has 0 aromatic heterocycles. The lowest BCUT2D eigenvalue weighted by Gasteiger charge is -2.06. The molecule has 0 fully saturated rings. The first-order valence-electron chi connectivity index (χ1n) is 7.19. The molecule has 2 aromatic rings. The molecule has 1 aliphatic heterocycles. The summed E-state index contributed by atoms with van der Waals surface area (Å²) < 4.78 is 4.71. The Kier molecular flexibility index (Phi) is 4.38. The van der Waals surface area contributed by atoms with E-state index < -0.39 is 5.97 Å². The molecule has 0 spiro atoms. The van der Waals surface area contributed by atoms with Crippen molar-refractivity contribution in [2.24, 2.45) is 0 Å². The minimum Gasteiger partial charge on any atom is -0.465 e. The molecule has 0 saturated carbocycles. The highest BCUT2D eigenvalue weighted by atomic mass is 35.5. The van der Waals surface area contributed by atoms with Gasteiger partial charge < -0.3 is 15.2 Å². The molecule has 24 heavy (non-hydrogen) atoms. The van der Waals surface area contributed by atoms with Crippen molar-refractivity contribution in [3.05, 3.63) is 64.7 Å². The maximum atomic E-state index is 12.3. The van der Waals surface area contributed by atoms with Crippen molar-refractivity contribution in [2.75, 3.05) is 12.4 Å². The Hall–Kier alpha value is -2.63. The molecule has 0 atom stereocenters. The van der Waals surface area contributed by atoms with Crippen LogP contribution in [0.25, 0.3) is 10.6 Å². The average Bonchev–Trinajstić information content (AvgIpc) is 2.95. The number of nitrogens with one attached hydrogen (secondary N) is 1. The van der Waals surface area contributed by atoms with Gasteiger partial charge in [0.2, 0.25) is 0 Å². The van der Waals surface area contributed by atoms with Crippen LogP contribution in [0, 0.1) is 0 Å². The third kappa shape index (κ3) is 2.79. The van der Waals surface area contributed by atoms with Crippen LogP contribution in [-0.2, 0) is 16.1 Å². The zero-order chi connectivity index (χ0) is 17.3. The van der Waals surface area contributed by atoms with Gasteiger partial charge in [0, 0.05) is 11.3 Å². The van der Waals surface area contributed by atoms with Gasteiger partial charge in [0.1, 0.15) is 0 Å². The van der Waals surface area contributed by atoms with E-state index in [2.05, 4.69) is 5.32 Å². The molecule has 2 N–H and O–H groups in total. The summed E-state index contributed by atoms with van der Waals surface area (Å²) in [5.74, 6) is -0.817. The summed E-state index contributed by atoms with van der Waals surface area (Å²) in [6.07, 6.45) is 0. The molecular formula is C18H14ClNO4. The van der Waals surface area contributed by atoms with Crippen LogP contribution in [-0.4, -0.2) is 24.1 Å². The van der Waals surface area contributed by atoms with Crippen molar-refractivity contribution in [3.8, 4) is 0 Å². The van der Waals surface area contributed by atoms with E-state index in [0.29, 0.717) is 28.0 Å². The first kappa shape index (κ1) is 16.2. The summed E-state index contributed by atoms with van der Waals surface area (Å²) >= 11 is 6.44.